The van der Waals surface area contributed by atoms with Crippen LogP contribution in [0, 0.1) is 5.92 Å². The average Bonchev–Trinajstić information content (AvgIpc) is 3.01. The van der Waals surface area contributed by atoms with Gasteiger partial charge in [0.2, 0.25) is 5.91 Å². The zero-order chi connectivity index (χ0) is 13.8. The fraction of sp³-hybridized carbons (Fsp3) is 0.389. The molecule has 3 rings (SSSR count). The van der Waals surface area contributed by atoms with Gasteiger partial charge in [0.15, 0.2) is 0 Å². The van der Waals surface area contributed by atoms with Crippen LogP contribution in [0.2, 0.25) is 0 Å². The number of hydrogen-bond acceptors (Lipinski definition) is 1. The first-order valence-corrected chi connectivity index (χ1v) is 7.52. The Morgan fingerprint density at radius 3 is 2.75 bits per heavy atom. The number of amides is 1. The van der Waals surface area contributed by atoms with E-state index in [4.69, 9.17) is 0 Å². The lowest BCUT2D eigenvalue weighted by atomic mass is 9.98. The molecule has 2 aliphatic rings. The number of benzene rings is 1. The Labute approximate surface area is 120 Å². The summed E-state index contributed by atoms with van der Waals surface area (Å²) in [7, 11) is 0. The minimum absolute atomic E-state index is 0.310. The predicted octanol–water partition coefficient (Wildman–Crippen LogP) is 3.66. The second kappa shape index (κ2) is 6.08. The van der Waals surface area contributed by atoms with Crippen LogP contribution < -0.4 is 0 Å². The van der Waals surface area contributed by atoms with Gasteiger partial charge < -0.3 is 4.90 Å². The molecule has 0 fully saturated rings. The molecule has 1 aliphatic carbocycles. The van der Waals surface area contributed by atoms with Gasteiger partial charge in [0, 0.05) is 19.5 Å². The molecule has 1 heterocycles. The highest BCUT2D eigenvalue weighted by Crippen LogP contribution is 2.25. The highest BCUT2D eigenvalue weighted by Gasteiger charge is 2.21. The maximum Gasteiger partial charge on any atom is 0.223 e. The van der Waals surface area contributed by atoms with E-state index >= 15 is 0 Å². The lowest BCUT2D eigenvalue weighted by molar-refractivity contribution is -0.131. The summed E-state index contributed by atoms with van der Waals surface area (Å²) >= 11 is 0. The zero-order valence-corrected chi connectivity index (χ0v) is 11.8. The Balaban J connectivity index is 1.58. The standard InChI is InChI=1S/C18H21NO/c20-18(14-15-6-4-5-7-15)19-12-10-17(11-13-19)16-8-2-1-3-9-16/h1-4,6,8-10,15H,5,7,11-14H2. The monoisotopic (exact) mass is 267 g/mol. The Morgan fingerprint density at radius 2 is 2.10 bits per heavy atom. The van der Waals surface area contributed by atoms with Crippen molar-refractivity contribution < 1.29 is 4.79 Å². The van der Waals surface area contributed by atoms with E-state index in [9.17, 15) is 4.79 Å². The number of hydrogen-bond donors (Lipinski definition) is 0. The van der Waals surface area contributed by atoms with Crippen molar-refractivity contribution in [2.24, 2.45) is 5.92 Å². The van der Waals surface area contributed by atoms with Crippen LogP contribution >= 0.6 is 0 Å². The summed E-state index contributed by atoms with van der Waals surface area (Å²) in [5.41, 5.74) is 2.66. The summed E-state index contributed by atoms with van der Waals surface area (Å²) in [5.74, 6) is 0.784. The van der Waals surface area contributed by atoms with E-state index in [1.54, 1.807) is 0 Å². The van der Waals surface area contributed by atoms with Crippen LogP contribution in [-0.2, 0) is 4.79 Å². The van der Waals surface area contributed by atoms with Crippen LogP contribution in [0.1, 0.15) is 31.2 Å². The Kier molecular flexibility index (Phi) is 4.00. The summed E-state index contributed by atoms with van der Waals surface area (Å²) in [6.07, 6.45) is 10.5. The molecule has 0 radical (unpaired) electrons. The van der Waals surface area contributed by atoms with Crippen LogP contribution in [0.4, 0.5) is 0 Å². The minimum atomic E-state index is 0.310. The smallest absolute Gasteiger partial charge is 0.223 e. The second-order valence-electron chi connectivity index (χ2n) is 5.65. The average molecular weight is 267 g/mol. The first-order chi connectivity index (χ1) is 9.83. The number of nitrogens with zero attached hydrogens (tertiary/aromatic N) is 1. The third-order valence-corrected chi connectivity index (χ3v) is 4.26. The van der Waals surface area contributed by atoms with Gasteiger partial charge in [-0.3, -0.25) is 4.79 Å². The van der Waals surface area contributed by atoms with Crippen LogP contribution in [0.15, 0.2) is 48.6 Å². The summed E-state index contributed by atoms with van der Waals surface area (Å²) in [6, 6.07) is 10.5. The van der Waals surface area contributed by atoms with E-state index in [0.29, 0.717) is 18.2 Å². The first-order valence-electron chi connectivity index (χ1n) is 7.52. The van der Waals surface area contributed by atoms with Gasteiger partial charge in [0.05, 0.1) is 0 Å². The molecule has 104 valence electrons. The SMILES string of the molecule is O=C(CC1C=CCC1)N1CC=C(c2ccccc2)CC1. The highest BCUT2D eigenvalue weighted by molar-refractivity contribution is 5.78. The van der Waals surface area contributed by atoms with Crippen molar-refractivity contribution in [3.05, 3.63) is 54.1 Å². The van der Waals surface area contributed by atoms with Gasteiger partial charge in [0.1, 0.15) is 0 Å². The molecule has 2 nitrogen and oxygen atoms in total. The molecule has 1 amide bonds. The summed E-state index contributed by atoms with van der Waals surface area (Å²) < 4.78 is 0. The van der Waals surface area contributed by atoms with E-state index in [-0.39, 0.29) is 0 Å². The van der Waals surface area contributed by atoms with Gasteiger partial charge in [-0.15, -0.1) is 0 Å². The lowest BCUT2D eigenvalue weighted by Crippen LogP contribution is -2.35. The third kappa shape index (κ3) is 3.01. The number of carbonyl (C=O) groups excluding carboxylic acids is 1. The molecule has 1 aromatic rings. The summed E-state index contributed by atoms with van der Waals surface area (Å²) in [6.45, 7) is 1.62. The maximum atomic E-state index is 12.3. The fourth-order valence-electron chi connectivity index (χ4n) is 3.03. The van der Waals surface area contributed by atoms with Crippen molar-refractivity contribution >= 4 is 11.5 Å². The zero-order valence-electron chi connectivity index (χ0n) is 11.8. The highest BCUT2D eigenvalue weighted by atomic mass is 16.2. The molecule has 0 bridgehead atoms. The Morgan fingerprint density at radius 1 is 1.25 bits per heavy atom. The van der Waals surface area contributed by atoms with Crippen LogP contribution in [-0.4, -0.2) is 23.9 Å². The second-order valence-corrected chi connectivity index (χ2v) is 5.65. The minimum Gasteiger partial charge on any atom is -0.339 e. The van der Waals surface area contributed by atoms with Crippen molar-refractivity contribution in [1.29, 1.82) is 0 Å². The quantitative estimate of drug-likeness (QED) is 0.765. The van der Waals surface area contributed by atoms with E-state index in [1.165, 1.54) is 11.1 Å². The van der Waals surface area contributed by atoms with Crippen LogP contribution in [0.3, 0.4) is 0 Å². The van der Waals surface area contributed by atoms with Gasteiger partial charge in [-0.1, -0.05) is 48.6 Å². The maximum absolute atomic E-state index is 12.3. The fourth-order valence-corrected chi connectivity index (χ4v) is 3.03. The first kappa shape index (κ1) is 13.2. The van der Waals surface area contributed by atoms with Crippen molar-refractivity contribution in [2.75, 3.05) is 13.1 Å². The number of allylic oxidation sites excluding steroid dienone is 2. The van der Waals surface area contributed by atoms with Crippen molar-refractivity contribution in [3.63, 3.8) is 0 Å². The molecule has 1 unspecified atom stereocenters. The van der Waals surface area contributed by atoms with Crippen LogP contribution in [0.25, 0.3) is 5.57 Å². The Bertz CT molecular complexity index is 530. The molecule has 20 heavy (non-hydrogen) atoms. The molecule has 1 aliphatic heterocycles. The molecule has 0 saturated carbocycles. The Hall–Kier alpha value is -1.83. The molecule has 2 heteroatoms. The van der Waals surface area contributed by atoms with Crippen molar-refractivity contribution in [1.82, 2.24) is 4.90 Å². The van der Waals surface area contributed by atoms with Crippen molar-refractivity contribution in [2.45, 2.75) is 25.7 Å². The van der Waals surface area contributed by atoms with Gasteiger partial charge >= 0.3 is 0 Å². The molecule has 1 atom stereocenters. The molecule has 1 aromatic carbocycles. The van der Waals surface area contributed by atoms with E-state index in [2.05, 4.69) is 42.5 Å². The molecular weight excluding hydrogens is 246 g/mol. The number of carbonyl (C=O) groups is 1. The molecule has 0 aromatic heterocycles. The summed E-state index contributed by atoms with van der Waals surface area (Å²) in [4.78, 5) is 14.3. The van der Waals surface area contributed by atoms with Gasteiger partial charge in [-0.25, -0.2) is 0 Å². The third-order valence-electron chi connectivity index (χ3n) is 4.26. The normalized spacial score (nSPS) is 21.9. The van der Waals surface area contributed by atoms with Crippen molar-refractivity contribution in [3.8, 4) is 0 Å². The number of rotatable bonds is 3. The van der Waals surface area contributed by atoms with Gasteiger partial charge in [-0.2, -0.15) is 0 Å². The van der Waals surface area contributed by atoms with Crippen LogP contribution in [0.5, 0.6) is 0 Å². The molecular formula is C18H21NO. The lowest BCUT2D eigenvalue weighted by Gasteiger charge is -2.27. The molecule has 0 spiro atoms. The topological polar surface area (TPSA) is 20.3 Å². The van der Waals surface area contributed by atoms with E-state index < -0.39 is 0 Å². The van der Waals surface area contributed by atoms with E-state index in [1.807, 2.05) is 11.0 Å². The van der Waals surface area contributed by atoms with E-state index in [0.717, 1.165) is 32.4 Å². The van der Waals surface area contributed by atoms with Gasteiger partial charge in [-0.05, 0) is 36.3 Å². The predicted molar refractivity (Wildman–Crippen MR) is 82.1 cm³/mol. The molecule has 0 saturated heterocycles. The summed E-state index contributed by atoms with van der Waals surface area (Å²) in [5, 5.41) is 0. The molecule has 0 N–H and O–H groups in total. The largest absolute Gasteiger partial charge is 0.339 e. The van der Waals surface area contributed by atoms with Gasteiger partial charge in [0.25, 0.3) is 0 Å².